The molecule has 1 heterocycles. The molecule has 2 rings (SSSR count). The van der Waals surface area contributed by atoms with Crippen LogP contribution in [0.3, 0.4) is 0 Å². The van der Waals surface area contributed by atoms with E-state index in [9.17, 15) is 0 Å². The predicted octanol–water partition coefficient (Wildman–Crippen LogP) is 0.871. The van der Waals surface area contributed by atoms with E-state index in [4.69, 9.17) is 9.78 Å². The zero-order valence-electron chi connectivity index (χ0n) is 4.14. The molecule has 1 aliphatic heterocycles. The van der Waals surface area contributed by atoms with Crippen molar-refractivity contribution in [1.82, 2.24) is 0 Å². The molecule has 0 aromatic rings. The lowest BCUT2D eigenvalue weighted by Crippen LogP contribution is -2.01. The van der Waals surface area contributed by atoms with Gasteiger partial charge in [-0.2, -0.15) is 0 Å². The molecular formula is C5H8O2. The lowest BCUT2D eigenvalue weighted by Gasteiger charge is -1.96. The standard InChI is InChI=1S/C5H8O2/c1-2-5(1)3-4-6-7-5/h1-4H2. The predicted molar refractivity (Wildman–Crippen MR) is 23.6 cm³/mol. The Kier molecular flexibility index (Phi) is 0.557. The molecule has 7 heavy (non-hydrogen) atoms. The fourth-order valence-electron chi connectivity index (χ4n) is 0.909. The molecule has 0 aromatic heterocycles. The number of rotatable bonds is 0. The summed E-state index contributed by atoms with van der Waals surface area (Å²) in [5, 5.41) is 0. The molecule has 40 valence electrons. The highest BCUT2D eigenvalue weighted by atomic mass is 17.2. The smallest absolute Gasteiger partial charge is 0.106 e. The highest BCUT2D eigenvalue weighted by Crippen LogP contribution is 2.45. The summed E-state index contributed by atoms with van der Waals surface area (Å²) in [7, 11) is 0. The van der Waals surface area contributed by atoms with Crippen LogP contribution in [0.25, 0.3) is 0 Å². The van der Waals surface area contributed by atoms with Gasteiger partial charge in [0.15, 0.2) is 0 Å². The van der Waals surface area contributed by atoms with Crippen molar-refractivity contribution >= 4 is 0 Å². The van der Waals surface area contributed by atoms with Crippen LogP contribution in [0.15, 0.2) is 0 Å². The second kappa shape index (κ2) is 1.01. The zero-order chi connectivity index (χ0) is 4.74. The third-order valence-electron chi connectivity index (χ3n) is 1.68. The van der Waals surface area contributed by atoms with Crippen molar-refractivity contribution in [2.24, 2.45) is 0 Å². The quantitative estimate of drug-likeness (QED) is 0.420. The third kappa shape index (κ3) is 0.469. The molecule has 2 heteroatoms. The molecule has 2 nitrogen and oxygen atoms in total. The largest absolute Gasteiger partial charge is 0.236 e. The monoisotopic (exact) mass is 100 g/mol. The van der Waals surface area contributed by atoms with Gasteiger partial charge in [-0.15, -0.1) is 0 Å². The molecule has 1 saturated carbocycles. The number of hydrogen-bond donors (Lipinski definition) is 0. The van der Waals surface area contributed by atoms with Crippen molar-refractivity contribution in [2.75, 3.05) is 6.61 Å². The third-order valence-corrected chi connectivity index (χ3v) is 1.68. The SMILES string of the molecule is C1CC2(CC2)OO1. The molecular weight excluding hydrogens is 92.1 g/mol. The summed E-state index contributed by atoms with van der Waals surface area (Å²) in [6.07, 6.45) is 3.55. The molecule has 0 unspecified atom stereocenters. The molecule has 1 saturated heterocycles. The molecule has 0 bridgehead atoms. The van der Waals surface area contributed by atoms with Gasteiger partial charge in [-0.3, -0.25) is 0 Å². The zero-order valence-corrected chi connectivity index (χ0v) is 4.14. The average Bonchev–Trinajstić information content (AvgIpc) is 2.15. The van der Waals surface area contributed by atoms with Gasteiger partial charge in [0, 0.05) is 6.42 Å². The number of hydrogen-bond acceptors (Lipinski definition) is 2. The van der Waals surface area contributed by atoms with Crippen LogP contribution in [0, 0.1) is 0 Å². The van der Waals surface area contributed by atoms with E-state index in [0.29, 0.717) is 0 Å². The maximum Gasteiger partial charge on any atom is 0.106 e. The second-order valence-electron chi connectivity index (χ2n) is 2.34. The van der Waals surface area contributed by atoms with E-state index in [0.717, 1.165) is 13.0 Å². The van der Waals surface area contributed by atoms with E-state index in [1.807, 2.05) is 0 Å². The maximum atomic E-state index is 4.95. The first-order valence-electron chi connectivity index (χ1n) is 2.72. The van der Waals surface area contributed by atoms with Crippen LogP contribution in [-0.4, -0.2) is 12.2 Å². The van der Waals surface area contributed by atoms with Crippen molar-refractivity contribution in [3.05, 3.63) is 0 Å². The van der Waals surface area contributed by atoms with E-state index in [1.54, 1.807) is 0 Å². The van der Waals surface area contributed by atoms with Gasteiger partial charge >= 0.3 is 0 Å². The van der Waals surface area contributed by atoms with E-state index < -0.39 is 0 Å². The van der Waals surface area contributed by atoms with Gasteiger partial charge in [-0.25, -0.2) is 9.78 Å². The Hall–Kier alpha value is -0.0800. The summed E-state index contributed by atoms with van der Waals surface area (Å²) >= 11 is 0. The van der Waals surface area contributed by atoms with Gasteiger partial charge in [-0.1, -0.05) is 0 Å². The van der Waals surface area contributed by atoms with Gasteiger partial charge in [0.25, 0.3) is 0 Å². The van der Waals surface area contributed by atoms with Crippen LogP contribution in [-0.2, 0) is 9.78 Å². The van der Waals surface area contributed by atoms with Crippen molar-refractivity contribution in [1.29, 1.82) is 0 Å². The summed E-state index contributed by atoms with van der Waals surface area (Å²) in [4.78, 5) is 9.67. The van der Waals surface area contributed by atoms with Crippen LogP contribution in [0.2, 0.25) is 0 Å². The average molecular weight is 100 g/mol. The Morgan fingerprint density at radius 2 is 2.00 bits per heavy atom. The van der Waals surface area contributed by atoms with Gasteiger partial charge in [0.05, 0.1) is 6.61 Å². The molecule has 2 fully saturated rings. The van der Waals surface area contributed by atoms with Gasteiger partial charge in [0.1, 0.15) is 5.60 Å². The minimum absolute atomic E-state index is 0.222. The van der Waals surface area contributed by atoms with Crippen LogP contribution < -0.4 is 0 Å². The van der Waals surface area contributed by atoms with Crippen molar-refractivity contribution in [3.63, 3.8) is 0 Å². The van der Waals surface area contributed by atoms with Crippen molar-refractivity contribution < 1.29 is 9.78 Å². The molecule has 0 radical (unpaired) electrons. The van der Waals surface area contributed by atoms with E-state index in [-0.39, 0.29) is 5.60 Å². The van der Waals surface area contributed by atoms with Crippen molar-refractivity contribution in [3.8, 4) is 0 Å². The Morgan fingerprint density at radius 3 is 2.29 bits per heavy atom. The molecule has 1 spiro atoms. The van der Waals surface area contributed by atoms with E-state index >= 15 is 0 Å². The molecule has 1 aliphatic carbocycles. The van der Waals surface area contributed by atoms with Gasteiger partial charge < -0.3 is 0 Å². The van der Waals surface area contributed by atoms with Crippen molar-refractivity contribution in [2.45, 2.75) is 24.9 Å². The minimum atomic E-state index is 0.222. The topological polar surface area (TPSA) is 18.5 Å². The van der Waals surface area contributed by atoms with Gasteiger partial charge in [0.2, 0.25) is 0 Å². The second-order valence-corrected chi connectivity index (χ2v) is 2.34. The van der Waals surface area contributed by atoms with Crippen LogP contribution >= 0.6 is 0 Å². The first-order valence-corrected chi connectivity index (χ1v) is 2.72. The van der Waals surface area contributed by atoms with Crippen LogP contribution in [0.4, 0.5) is 0 Å². The van der Waals surface area contributed by atoms with E-state index in [1.165, 1.54) is 12.8 Å². The Morgan fingerprint density at radius 1 is 1.14 bits per heavy atom. The van der Waals surface area contributed by atoms with E-state index in [2.05, 4.69) is 0 Å². The van der Waals surface area contributed by atoms with Crippen LogP contribution in [0.5, 0.6) is 0 Å². The lowest BCUT2D eigenvalue weighted by molar-refractivity contribution is -0.283. The maximum absolute atomic E-state index is 4.95. The minimum Gasteiger partial charge on any atom is -0.236 e. The summed E-state index contributed by atoms with van der Waals surface area (Å²) in [6, 6.07) is 0. The first-order chi connectivity index (χ1) is 3.41. The first kappa shape index (κ1) is 3.87. The summed E-state index contributed by atoms with van der Waals surface area (Å²) in [5.41, 5.74) is 0.222. The fourth-order valence-corrected chi connectivity index (χ4v) is 0.909. The summed E-state index contributed by atoms with van der Waals surface area (Å²) in [6.45, 7) is 0.806. The molecule has 2 aliphatic rings. The van der Waals surface area contributed by atoms with Crippen LogP contribution in [0.1, 0.15) is 19.3 Å². The van der Waals surface area contributed by atoms with Gasteiger partial charge in [-0.05, 0) is 12.8 Å². The Balaban J connectivity index is 2.07. The summed E-state index contributed by atoms with van der Waals surface area (Å²) < 4.78 is 0. The molecule has 0 aromatic carbocycles. The normalized spacial score (nSPS) is 34.3. The lowest BCUT2D eigenvalue weighted by atomic mass is 10.3. The fraction of sp³-hybridized carbons (Fsp3) is 1.00. The molecule has 0 N–H and O–H groups in total. The molecule has 0 atom stereocenters. The Labute approximate surface area is 42.3 Å². The summed E-state index contributed by atoms with van der Waals surface area (Å²) in [5.74, 6) is 0. The molecule has 0 amide bonds. The highest BCUT2D eigenvalue weighted by Gasteiger charge is 2.48. The highest BCUT2D eigenvalue weighted by molar-refractivity contribution is 4.95. The Bertz CT molecular complexity index is 78.1.